The van der Waals surface area contributed by atoms with Crippen LogP contribution in [0.4, 0.5) is 5.69 Å². The first-order valence-electron chi connectivity index (χ1n) is 6.09. The molecule has 1 aliphatic carbocycles. The molecule has 1 aliphatic rings. The SMILES string of the molecule is Cc1ccc(NC2=CCC(=[N+]=[N-])C(OP(=O)(O)O)=C2)cc1. The predicted molar refractivity (Wildman–Crippen MR) is 77.3 cm³/mol. The van der Waals surface area contributed by atoms with Crippen LogP contribution in [0.1, 0.15) is 12.0 Å². The molecule has 0 aromatic heterocycles. The Morgan fingerprint density at radius 3 is 2.57 bits per heavy atom. The van der Waals surface area contributed by atoms with E-state index in [2.05, 4.69) is 14.6 Å². The predicted octanol–water partition coefficient (Wildman–Crippen LogP) is 2.36. The van der Waals surface area contributed by atoms with Crippen LogP contribution in [-0.4, -0.2) is 20.3 Å². The van der Waals surface area contributed by atoms with E-state index >= 15 is 0 Å². The van der Waals surface area contributed by atoms with E-state index < -0.39 is 7.82 Å². The van der Waals surface area contributed by atoms with Gasteiger partial charge in [-0.25, -0.2) is 4.57 Å². The molecular weight excluding hydrogens is 293 g/mol. The van der Waals surface area contributed by atoms with Gasteiger partial charge in [0, 0.05) is 17.5 Å². The van der Waals surface area contributed by atoms with Gasteiger partial charge < -0.3 is 15.4 Å². The summed E-state index contributed by atoms with van der Waals surface area (Å²) in [5, 5.41) is 3.08. The van der Waals surface area contributed by atoms with E-state index in [4.69, 9.17) is 15.3 Å². The topological polar surface area (TPSA) is 115 Å². The van der Waals surface area contributed by atoms with Crippen molar-refractivity contribution in [2.45, 2.75) is 13.3 Å². The molecule has 0 fully saturated rings. The first-order chi connectivity index (χ1) is 9.87. The highest BCUT2D eigenvalue weighted by molar-refractivity contribution is 7.46. The number of hydrogen-bond donors (Lipinski definition) is 3. The Morgan fingerprint density at radius 1 is 1.33 bits per heavy atom. The van der Waals surface area contributed by atoms with Gasteiger partial charge in [0.15, 0.2) is 0 Å². The second-order valence-corrected chi connectivity index (χ2v) is 5.66. The lowest BCUT2D eigenvalue weighted by Crippen LogP contribution is -2.13. The lowest BCUT2D eigenvalue weighted by Gasteiger charge is -2.14. The van der Waals surface area contributed by atoms with Crippen molar-refractivity contribution in [3.05, 3.63) is 59.0 Å². The average Bonchev–Trinajstić information content (AvgIpc) is 2.40. The fourth-order valence-electron chi connectivity index (χ4n) is 1.78. The minimum Gasteiger partial charge on any atom is -0.396 e. The van der Waals surface area contributed by atoms with Crippen LogP contribution in [0.2, 0.25) is 0 Å². The Morgan fingerprint density at radius 2 is 2.00 bits per heavy atom. The summed E-state index contributed by atoms with van der Waals surface area (Å²) in [6.07, 6.45) is 3.29. The molecule has 21 heavy (non-hydrogen) atoms. The number of allylic oxidation sites excluding steroid dienone is 3. The smallest absolute Gasteiger partial charge is 0.396 e. The highest BCUT2D eigenvalue weighted by atomic mass is 31.2. The van der Waals surface area contributed by atoms with Gasteiger partial charge in [-0.05, 0) is 25.1 Å². The Bertz CT molecular complexity index is 697. The quantitative estimate of drug-likeness (QED) is 0.448. The summed E-state index contributed by atoms with van der Waals surface area (Å²) in [6.45, 7) is 1.97. The molecule has 2 rings (SSSR count). The summed E-state index contributed by atoms with van der Waals surface area (Å²) in [5.41, 5.74) is 11.4. The van der Waals surface area contributed by atoms with E-state index in [1.54, 1.807) is 6.08 Å². The number of nitrogens with zero attached hydrogens (tertiary/aromatic N) is 2. The van der Waals surface area contributed by atoms with Crippen LogP contribution in [0, 0.1) is 6.92 Å². The molecule has 1 aromatic rings. The second-order valence-electron chi connectivity index (χ2n) is 4.49. The van der Waals surface area contributed by atoms with Gasteiger partial charge in [0.2, 0.25) is 5.76 Å². The van der Waals surface area contributed by atoms with Crippen LogP contribution >= 0.6 is 7.82 Å². The van der Waals surface area contributed by atoms with Gasteiger partial charge in [-0.2, -0.15) is 4.79 Å². The van der Waals surface area contributed by atoms with Crippen molar-refractivity contribution in [1.29, 1.82) is 0 Å². The van der Waals surface area contributed by atoms with E-state index in [1.165, 1.54) is 6.08 Å². The van der Waals surface area contributed by atoms with Gasteiger partial charge in [-0.3, -0.25) is 9.79 Å². The van der Waals surface area contributed by atoms with Crippen molar-refractivity contribution in [1.82, 2.24) is 0 Å². The molecular formula is C13H14N3O4P. The van der Waals surface area contributed by atoms with Gasteiger partial charge >= 0.3 is 13.5 Å². The van der Waals surface area contributed by atoms with E-state index in [-0.39, 0.29) is 17.9 Å². The number of nitrogens with one attached hydrogen (secondary N) is 1. The zero-order chi connectivity index (χ0) is 15.5. The Labute approximate surface area is 121 Å². The van der Waals surface area contributed by atoms with Gasteiger partial charge in [0.05, 0.1) is 6.42 Å². The van der Waals surface area contributed by atoms with Crippen molar-refractivity contribution in [2.24, 2.45) is 0 Å². The molecule has 0 atom stereocenters. The van der Waals surface area contributed by atoms with Crippen molar-refractivity contribution < 1.29 is 23.7 Å². The van der Waals surface area contributed by atoms with Gasteiger partial charge in [-0.15, -0.1) is 0 Å². The average molecular weight is 307 g/mol. The molecule has 0 radical (unpaired) electrons. The van der Waals surface area contributed by atoms with Crippen LogP contribution < -0.4 is 5.32 Å². The molecule has 8 heteroatoms. The molecule has 0 amide bonds. The summed E-state index contributed by atoms with van der Waals surface area (Å²) in [5.74, 6) is -0.164. The Hall–Kier alpha value is -2.17. The fraction of sp³-hybridized carbons (Fsp3) is 0.154. The standard InChI is InChI=1S/C13H14N3O4P/c1-9-2-4-10(5-3-9)15-11-6-7-12(16-14)13(8-11)20-21(17,18)19/h2-6,8,15H,7H2,1H3,(H2,17,18,19). The zero-order valence-corrected chi connectivity index (χ0v) is 12.1. The molecule has 7 nitrogen and oxygen atoms in total. The van der Waals surface area contributed by atoms with E-state index in [0.717, 1.165) is 11.3 Å². The van der Waals surface area contributed by atoms with Crippen molar-refractivity contribution >= 4 is 19.2 Å². The largest absolute Gasteiger partial charge is 0.525 e. The maximum absolute atomic E-state index is 10.9. The lowest BCUT2D eigenvalue weighted by molar-refractivity contribution is -0.00996. The minimum atomic E-state index is -4.72. The van der Waals surface area contributed by atoms with Crippen LogP contribution in [0.15, 0.2) is 47.9 Å². The maximum Gasteiger partial charge on any atom is 0.525 e. The Balaban J connectivity index is 2.21. The first kappa shape index (κ1) is 15.2. The summed E-state index contributed by atoms with van der Waals surface area (Å²) >= 11 is 0. The van der Waals surface area contributed by atoms with Crippen molar-refractivity contribution in [2.75, 3.05) is 5.32 Å². The van der Waals surface area contributed by atoms with Gasteiger partial charge in [-0.1, -0.05) is 17.7 Å². The maximum atomic E-state index is 10.9. The van der Waals surface area contributed by atoms with E-state index in [0.29, 0.717) is 5.70 Å². The third-order valence-corrected chi connectivity index (χ3v) is 3.20. The van der Waals surface area contributed by atoms with Gasteiger partial charge in [0.25, 0.3) is 0 Å². The number of hydrogen-bond acceptors (Lipinski definition) is 3. The number of phosphoric ester groups is 1. The molecule has 0 saturated heterocycles. The highest BCUT2D eigenvalue weighted by Crippen LogP contribution is 2.40. The van der Waals surface area contributed by atoms with Crippen LogP contribution in [-0.2, 0) is 9.09 Å². The number of aryl methyl sites for hydroxylation is 1. The molecule has 0 aliphatic heterocycles. The highest BCUT2D eigenvalue weighted by Gasteiger charge is 2.28. The number of benzene rings is 1. The van der Waals surface area contributed by atoms with E-state index in [1.807, 2.05) is 31.2 Å². The third kappa shape index (κ3) is 4.41. The summed E-state index contributed by atoms with van der Waals surface area (Å²) in [7, 11) is -4.72. The van der Waals surface area contributed by atoms with E-state index in [9.17, 15) is 4.57 Å². The lowest BCUT2D eigenvalue weighted by atomic mass is 10.1. The fourth-order valence-corrected chi connectivity index (χ4v) is 2.19. The molecule has 110 valence electrons. The summed E-state index contributed by atoms with van der Waals surface area (Å²) in [6, 6.07) is 7.62. The van der Waals surface area contributed by atoms with Crippen LogP contribution in [0.25, 0.3) is 5.53 Å². The van der Waals surface area contributed by atoms with Gasteiger partial charge in [0.1, 0.15) is 0 Å². The summed E-state index contributed by atoms with van der Waals surface area (Å²) in [4.78, 5) is 20.7. The second kappa shape index (κ2) is 6.08. The summed E-state index contributed by atoms with van der Waals surface area (Å²) < 4.78 is 15.4. The zero-order valence-electron chi connectivity index (χ0n) is 11.2. The number of anilines is 1. The Kier molecular flexibility index (Phi) is 4.40. The number of rotatable bonds is 4. The molecule has 0 unspecified atom stereocenters. The van der Waals surface area contributed by atoms with Crippen LogP contribution in [0.5, 0.6) is 0 Å². The molecule has 3 N–H and O–H groups in total. The number of phosphoric acid groups is 1. The molecule has 0 bridgehead atoms. The molecule has 0 heterocycles. The van der Waals surface area contributed by atoms with Crippen LogP contribution in [0.3, 0.4) is 0 Å². The monoisotopic (exact) mass is 307 g/mol. The third-order valence-electron chi connectivity index (χ3n) is 2.76. The normalized spacial score (nSPS) is 14.9. The van der Waals surface area contributed by atoms with Crippen molar-refractivity contribution in [3.8, 4) is 0 Å². The minimum absolute atomic E-state index is 0.0489. The molecule has 0 spiro atoms. The molecule has 1 aromatic carbocycles. The first-order valence-corrected chi connectivity index (χ1v) is 7.62. The van der Waals surface area contributed by atoms with Crippen molar-refractivity contribution in [3.63, 3.8) is 0 Å². The molecule has 0 saturated carbocycles.